The number of nitrogens with one attached hydrogen (secondary N) is 1. The molecule has 0 saturated carbocycles. The summed E-state index contributed by atoms with van der Waals surface area (Å²) in [6, 6.07) is 15.4. The van der Waals surface area contributed by atoms with E-state index in [9.17, 15) is 0 Å². The first-order chi connectivity index (χ1) is 10.4. The molecule has 1 atom stereocenters. The maximum Gasteiger partial charge on any atom is 0.231 e. The summed E-state index contributed by atoms with van der Waals surface area (Å²) >= 11 is 0. The van der Waals surface area contributed by atoms with Crippen LogP contribution in [0.15, 0.2) is 42.5 Å². The van der Waals surface area contributed by atoms with Gasteiger partial charge in [-0.05, 0) is 48.1 Å². The van der Waals surface area contributed by atoms with Gasteiger partial charge in [0.1, 0.15) is 0 Å². The van der Waals surface area contributed by atoms with Gasteiger partial charge < -0.3 is 14.8 Å². The Kier molecular flexibility index (Phi) is 3.28. The van der Waals surface area contributed by atoms with Gasteiger partial charge in [-0.3, -0.25) is 0 Å². The summed E-state index contributed by atoms with van der Waals surface area (Å²) in [6.07, 6.45) is 3.68. The summed E-state index contributed by atoms with van der Waals surface area (Å²) in [7, 11) is 0. The third-order valence-corrected chi connectivity index (χ3v) is 4.36. The SMILES string of the molecule is c1ccc2c(c1)CCC[C@H]2NCc1ccc2c(c1)OCO2. The van der Waals surface area contributed by atoms with Gasteiger partial charge in [0.15, 0.2) is 11.5 Å². The van der Waals surface area contributed by atoms with E-state index in [0.717, 1.165) is 18.0 Å². The van der Waals surface area contributed by atoms with Crippen molar-refractivity contribution in [3.05, 3.63) is 59.2 Å². The van der Waals surface area contributed by atoms with Crippen LogP contribution in [-0.4, -0.2) is 6.79 Å². The second-order valence-electron chi connectivity index (χ2n) is 5.71. The van der Waals surface area contributed by atoms with Crippen LogP contribution in [0.25, 0.3) is 0 Å². The summed E-state index contributed by atoms with van der Waals surface area (Å²) in [5, 5.41) is 3.69. The van der Waals surface area contributed by atoms with Crippen LogP contribution in [0, 0.1) is 0 Å². The lowest BCUT2D eigenvalue weighted by molar-refractivity contribution is 0.174. The maximum atomic E-state index is 5.44. The summed E-state index contributed by atoms with van der Waals surface area (Å²) in [5.74, 6) is 1.71. The predicted molar refractivity (Wildman–Crippen MR) is 81.5 cm³/mol. The third-order valence-electron chi connectivity index (χ3n) is 4.36. The fourth-order valence-corrected chi connectivity index (χ4v) is 3.26. The standard InChI is InChI=1S/C18H19NO2/c1-2-6-15-14(4-1)5-3-7-16(15)19-11-13-8-9-17-18(10-13)21-12-20-17/h1-2,4,6,8-10,16,19H,3,5,7,11-12H2/t16-/m1/s1. The molecule has 2 aromatic rings. The number of fused-ring (bicyclic) bond motifs is 2. The molecule has 0 fully saturated rings. The molecule has 0 radical (unpaired) electrons. The van der Waals surface area contributed by atoms with Crippen molar-refractivity contribution in [2.24, 2.45) is 0 Å². The van der Waals surface area contributed by atoms with E-state index >= 15 is 0 Å². The van der Waals surface area contributed by atoms with E-state index in [4.69, 9.17) is 9.47 Å². The van der Waals surface area contributed by atoms with Crippen molar-refractivity contribution >= 4 is 0 Å². The van der Waals surface area contributed by atoms with Crippen molar-refractivity contribution in [3.63, 3.8) is 0 Å². The highest BCUT2D eigenvalue weighted by atomic mass is 16.7. The molecule has 1 heterocycles. The number of benzene rings is 2. The van der Waals surface area contributed by atoms with E-state index in [1.54, 1.807) is 0 Å². The van der Waals surface area contributed by atoms with Crippen LogP contribution in [0.1, 0.15) is 35.6 Å². The fourth-order valence-electron chi connectivity index (χ4n) is 3.26. The Labute approximate surface area is 124 Å². The number of ether oxygens (including phenoxy) is 2. The van der Waals surface area contributed by atoms with E-state index < -0.39 is 0 Å². The van der Waals surface area contributed by atoms with Gasteiger partial charge >= 0.3 is 0 Å². The van der Waals surface area contributed by atoms with Crippen molar-refractivity contribution in [2.75, 3.05) is 6.79 Å². The first-order valence-electron chi connectivity index (χ1n) is 7.60. The van der Waals surface area contributed by atoms with E-state index in [2.05, 4.69) is 41.7 Å². The molecule has 108 valence electrons. The molecular formula is C18H19NO2. The zero-order chi connectivity index (χ0) is 14.1. The van der Waals surface area contributed by atoms with Gasteiger partial charge in [-0.2, -0.15) is 0 Å². The minimum atomic E-state index is 0.336. The van der Waals surface area contributed by atoms with Gasteiger partial charge in [0.25, 0.3) is 0 Å². The van der Waals surface area contributed by atoms with Crippen LogP contribution in [-0.2, 0) is 13.0 Å². The highest BCUT2D eigenvalue weighted by Gasteiger charge is 2.19. The van der Waals surface area contributed by atoms with Crippen molar-refractivity contribution in [1.29, 1.82) is 0 Å². The van der Waals surface area contributed by atoms with Crippen LogP contribution in [0.5, 0.6) is 11.5 Å². The highest BCUT2D eigenvalue weighted by Crippen LogP contribution is 2.33. The van der Waals surface area contributed by atoms with Crippen molar-refractivity contribution in [3.8, 4) is 11.5 Å². The molecular weight excluding hydrogens is 262 g/mol. The molecule has 0 saturated heterocycles. The molecule has 0 amide bonds. The summed E-state index contributed by atoms with van der Waals surface area (Å²) in [6.45, 7) is 1.19. The third kappa shape index (κ3) is 2.49. The molecule has 0 bridgehead atoms. The van der Waals surface area contributed by atoms with Gasteiger partial charge in [0.05, 0.1) is 0 Å². The molecule has 1 aliphatic carbocycles. The summed E-state index contributed by atoms with van der Waals surface area (Å²) < 4.78 is 10.8. The quantitative estimate of drug-likeness (QED) is 0.932. The molecule has 2 aliphatic rings. The minimum absolute atomic E-state index is 0.336. The molecule has 1 aliphatic heterocycles. The number of rotatable bonds is 3. The van der Waals surface area contributed by atoms with Gasteiger partial charge in [-0.25, -0.2) is 0 Å². The predicted octanol–water partition coefficient (Wildman–Crippen LogP) is 3.58. The molecule has 4 rings (SSSR count). The first kappa shape index (κ1) is 12.7. The number of aryl methyl sites for hydroxylation is 1. The van der Waals surface area contributed by atoms with Gasteiger partial charge in [0.2, 0.25) is 6.79 Å². The van der Waals surface area contributed by atoms with Gasteiger partial charge in [-0.1, -0.05) is 30.3 Å². The Morgan fingerprint density at radius 3 is 2.95 bits per heavy atom. The maximum absolute atomic E-state index is 5.44. The smallest absolute Gasteiger partial charge is 0.231 e. The molecule has 3 heteroatoms. The Hall–Kier alpha value is -2.00. The average molecular weight is 281 g/mol. The van der Waals surface area contributed by atoms with Crippen LogP contribution in [0.3, 0.4) is 0 Å². The Balaban J connectivity index is 1.48. The molecule has 1 N–H and O–H groups in total. The number of hydrogen-bond donors (Lipinski definition) is 1. The normalized spacial score (nSPS) is 19.3. The summed E-state index contributed by atoms with van der Waals surface area (Å²) in [5.41, 5.74) is 4.19. The molecule has 21 heavy (non-hydrogen) atoms. The highest BCUT2D eigenvalue weighted by molar-refractivity contribution is 5.44. The average Bonchev–Trinajstić information content (AvgIpc) is 3.00. The Morgan fingerprint density at radius 2 is 1.95 bits per heavy atom. The van der Waals surface area contributed by atoms with E-state index in [0.29, 0.717) is 12.8 Å². The van der Waals surface area contributed by atoms with Gasteiger partial charge in [0, 0.05) is 12.6 Å². The Morgan fingerprint density at radius 1 is 1.05 bits per heavy atom. The lowest BCUT2D eigenvalue weighted by atomic mass is 9.87. The molecule has 2 aromatic carbocycles. The molecule has 0 aromatic heterocycles. The zero-order valence-corrected chi connectivity index (χ0v) is 12.0. The van der Waals surface area contributed by atoms with E-state index in [1.807, 2.05) is 6.07 Å². The second-order valence-corrected chi connectivity index (χ2v) is 5.71. The lowest BCUT2D eigenvalue weighted by Gasteiger charge is -2.26. The molecule has 0 spiro atoms. The van der Waals surface area contributed by atoms with Gasteiger partial charge in [-0.15, -0.1) is 0 Å². The van der Waals surface area contributed by atoms with Crippen molar-refractivity contribution in [2.45, 2.75) is 31.8 Å². The van der Waals surface area contributed by atoms with Crippen LogP contribution in [0.2, 0.25) is 0 Å². The van der Waals surface area contributed by atoms with Crippen molar-refractivity contribution < 1.29 is 9.47 Å². The monoisotopic (exact) mass is 281 g/mol. The Bertz CT molecular complexity index is 653. The minimum Gasteiger partial charge on any atom is -0.454 e. The van der Waals surface area contributed by atoms with Crippen molar-refractivity contribution in [1.82, 2.24) is 5.32 Å². The van der Waals surface area contributed by atoms with Crippen LogP contribution >= 0.6 is 0 Å². The van der Waals surface area contributed by atoms with Crippen LogP contribution < -0.4 is 14.8 Å². The topological polar surface area (TPSA) is 30.5 Å². The number of hydrogen-bond acceptors (Lipinski definition) is 3. The molecule has 3 nitrogen and oxygen atoms in total. The lowest BCUT2D eigenvalue weighted by Crippen LogP contribution is -2.24. The molecule has 0 unspecified atom stereocenters. The van der Waals surface area contributed by atoms with E-state index in [1.165, 1.54) is 36.0 Å². The first-order valence-corrected chi connectivity index (χ1v) is 7.60. The summed E-state index contributed by atoms with van der Waals surface area (Å²) in [4.78, 5) is 0. The van der Waals surface area contributed by atoms with E-state index in [-0.39, 0.29) is 0 Å². The van der Waals surface area contributed by atoms with Crippen LogP contribution in [0.4, 0.5) is 0 Å². The second kappa shape index (κ2) is 5.41. The zero-order valence-electron chi connectivity index (χ0n) is 12.0. The largest absolute Gasteiger partial charge is 0.454 e. The fraction of sp³-hybridized carbons (Fsp3) is 0.333.